The predicted molar refractivity (Wildman–Crippen MR) is 78.1 cm³/mol. The minimum atomic E-state index is -0.00664. The van der Waals surface area contributed by atoms with Crippen molar-refractivity contribution in [3.63, 3.8) is 0 Å². The molecule has 0 aromatic carbocycles. The molecule has 1 atom stereocenters. The van der Waals surface area contributed by atoms with E-state index in [9.17, 15) is 0 Å². The number of methoxy groups -OCH3 is 1. The third-order valence-electron chi connectivity index (χ3n) is 2.87. The van der Waals surface area contributed by atoms with E-state index in [2.05, 4.69) is 27.5 Å². The van der Waals surface area contributed by atoms with Gasteiger partial charge < -0.3 is 19.8 Å². The Morgan fingerprint density at radius 2 is 2.15 bits per heavy atom. The maximum absolute atomic E-state index is 5.41. The molecule has 6 heteroatoms. The molecule has 0 aliphatic rings. The SMILES string of the molecule is CCCNc1ncnc(NC(C)c2ccco2)c1OC. The molecule has 0 fully saturated rings. The lowest BCUT2D eigenvalue weighted by Gasteiger charge is -2.16. The molecule has 2 aromatic rings. The van der Waals surface area contributed by atoms with E-state index in [0.29, 0.717) is 17.4 Å². The van der Waals surface area contributed by atoms with Gasteiger partial charge in [-0.15, -0.1) is 0 Å². The first kappa shape index (κ1) is 14.2. The molecule has 1 unspecified atom stereocenters. The summed E-state index contributed by atoms with van der Waals surface area (Å²) in [5, 5.41) is 6.49. The first-order chi connectivity index (χ1) is 9.76. The van der Waals surface area contributed by atoms with E-state index in [1.54, 1.807) is 13.4 Å². The van der Waals surface area contributed by atoms with Crippen molar-refractivity contribution < 1.29 is 9.15 Å². The summed E-state index contributed by atoms with van der Waals surface area (Å²) in [4.78, 5) is 8.45. The zero-order chi connectivity index (χ0) is 14.4. The van der Waals surface area contributed by atoms with Crippen LogP contribution in [0.2, 0.25) is 0 Å². The summed E-state index contributed by atoms with van der Waals surface area (Å²) in [6.45, 7) is 4.93. The summed E-state index contributed by atoms with van der Waals surface area (Å²) in [6.07, 6.45) is 4.18. The molecule has 0 saturated heterocycles. The van der Waals surface area contributed by atoms with E-state index >= 15 is 0 Å². The van der Waals surface area contributed by atoms with Crippen molar-refractivity contribution in [3.05, 3.63) is 30.5 Å². The fourth-order valence-electron chi connectivity index (χ4n) is 1.85. The van der Waals surface area contributed by atoms with Gasteiger partial charge in [-0.3, -0.25) is 0 Å². The van der Waals surface area contributed by atoms with E-state index in [1.807, 2.05) is 19.1 Å². The topological polar surface area (TPSA) is 72.2 Å². The van der Waals surface area contributed by atoms with Crippen LogP contribution in [-0.4, -0.2) is 23.6 Å². The lowest BCUT2D eigenvalue weighted by Crippen LogP contribution is -2.11. The number of nitrogens with one attached hydrogen (secondary N) is 2. The minimum Gasteiger partial charge on any atom is -0.490 e. The van der Waals surface area contributed by atoms with Gasteiger partial charge in [0.1, 0.15) is 12.1 Å². The van der Waals surface area contributed by atoms with Crippen molar-refractivity contribution in [2.45, 2.75) is 26.3 Å². The summed E-state index contributed by atoms with van der Waals surface area (Å²) < 4.78 is 10.8. The van der Waals surface area contributed by atoms with Crippen molar-refractivity contribution in [2.75, 3.05) is 24.3 Å². The molecule has 2 rings (SSSR count). The Labute approximate surface area is 118 Å². The second kappa shape index (κ2) is 6.79. The molecule has 0 spiro atoms. The number of aromatic nitrogens is 2. The number of anilines is 2. The lowest BCUT2D eigenvalue weighted by molar-refractivity contribution is 0.413. The summed E-state index contributed by atoms with van der Waals surface area (Å²) >= 11 is 0. The molecule has 108 valence electrons. The predicted octanol–water partition coefficient (Wildman–Crippen LogP) is 3.07. The largest absolute Gasteiger partial charge is 0.490 e. The van der Waals surface area contributed by atoms with Gasteiger partial charge in [0.25, 0.3) is 0 Å². The van der Waals surface area contributed by atoms with E-state index in [0.717, 1.165) is 18.7 Å². The van der Waals surface area contributed by atoms with Gasteiger partial charge in [0.2, 0.25) is 5.75 Å². The van der Waals surface area contributed by atoms with Crippen molar-refractivity contribution >= 4 is 11.6 Å². The quantitative estimate of drug-likeness (QED) is 0.809. The maximum Gasteiger partial charge on any atom is 0.204 e. The Hall–Kier alpha value is -2.24. The highest BCUT2D eigenvalue weighted by molar-refractivity contribution is 5.63. The fraction of sp³-hybridized carbons (Fsp3) is 0.429. The second-order valence-electron chi connectivity index (χ2n) is 4.41. The molecule has 2 aromatic heterocycles. The molecule has 0 aliphatic heterocycles. The number of furan rings is 1. The highest BCUT2D eigenvalue weighted by Gasteiger charge is 2.15. The lowest BCUT2D eigenvalue weighted by atomic mass is 10.2. The third kappa shape index (κ3) is 3.20. The van der Waals surface area contributed by atoms with Crippen molar-refractivity contribution in [1.29, 1.82) is 0 Å². The van der Waals surface area contributed by atoms with Crippen LogP contribution in [0.25, 0.3) is 0 Å². The van der Waals surface area contributed by atoms with Crippen LogP contribution in [0.5, 0.6) is 5.75 Å². The van der Waals surface area contributed by atoms with Crippen LogP contribution in [0.1, 0.15) is 32.1 Å². The number of hydrogen-bond acceptors (Lipinski definition) is 6. The molecule has 2 heterocycles. The average Bonchev–Trinajstić information content (AvgIpc) is 2.99. The van der Waals surface area contributed by atoms with Crippen LogP contribution in [0.3, 0.4) is 0 Å². The summed E-state index contributed by atoms with van der Waals surface area (Å²) in [5.41, 5.74) is 0. The van der Waals surface area contributed by atoms with Gasteiger partial charge in [0.05, 0.1) is 19.4 Å². The first-order valence-corrected chi connectivity index (χ1v) is 6.69. The molecule has 0 amide bonds. The van der Waals surface area contributed by atoms with Crippen molar-refractivity contribution in [1.82, 2.24) is 9.97 Å². The van der Waals surface area contributed by atoms with E-state index in [4.69, 9.17) is 9.15 Å². The van der Waals surface area contributed by atoms with Crippen LogP contribution in [0.4, 0.5) is 11.6 Å². The standard InChI is InChI=1S/C14H20N4O2/c1-4-7-15-13-12(19-3)14(17-9-16-13)18-10(2)11-6-5-8-20-11/h5-6,8-10H,4,7H2,1-3H3,(H2,15,16,17,18). The second-order valence-corrected chi connectivity index (χ2v) is 4.41. The molecular formula is C14H20N4O2. The van der Waals surface area contributed by atoms with Crippen LogP contribution < -0.4 is 15.4 Å². The van der Waals surface area contributed by atoms with Crippen LogP contribution in [0.15, 0.2) is 29.1 Å². The molecule has 0 radical (unpaired) electrons. The Bertz CT molecular complexity index is 528. The minimum absolute atomic E-state index is 0.00664. The van der Waals surface area contributed by atoms with Crippen molar-refractivity contribution in [2.24, 2.45) is 0 Å². The van der Waals surface area contributed by atoms with Crippen LogP contribution >= 0.6 is 0 Å². The molecule has 6 nitrogen and oxygen atoms in total. The normalized spacial score (nSPS) is 11.9. The smallest absolute Gasteiger partial charge is 0.204 e. The summed E-state index contributed by atoms with van der Waals surface area (Å²) in [6, 6.07) is 3.77. The van der Waals surface area contributed by atoms with E-state index in [-0.39, 0.29) is 6.04 Å². The van der Waals surface area contributed by atoms with Gasteiger partial charge in [-0.1, -0.05) is 6.92 Å². The van der Waals surface area contributed by atoms with Gasteiger partial charge in [0.15, 0.2) is 11.6 Å². The molecule has 2 N–H and O–H groups in total. The number of hydrogen-bond donors (Lipinski definition) is 2. The number of ether oxygens (including phenoxy) is 1. The van der Waals surface area contributed by atoms with Gasteiger partial charge >= 0.3 is 0 Å². The Kier molecular flexibility index (Phi) is 4.81. The van der Waals surface area contributed by atoms with E-state index < -0.39 is 0 Å². The Morgan fingerprint density at radius 1 is 1.35 bits per heavy atom. The maximum atomic E-state index is 5.41. The third-order valence-corrected chi connectivity index (χ3v) is 2.87. The highest BCUT2D eigenvalue weighted by atomic mass is 16.5. The van der Waals surface area contributed by atoms with Crippen LogP contribution in [-0.2, 0) is 0 Å². The molecule has 20 heavy (non-hydrogen) atoms. The molecule has 0 aliphatic carbocycles. The van der Waals surface area contributed by atoms with Crippen molar-refractivity contribution in [3.8, 4) is 5.75 Å². The van der Waals surface area contributed by atoms with Gasteiger partial charge in [0, 0.05) is 6.54 Å². The number of rotatable bonds is 7. The zero-order valence-corrected chi connectivity index (χ0v) is 12.0. The molecule has 0 saturated carbocycles. The molecular weight excluding hydrogens is 256 g/mol. The van der Waals surface area contributed by atoms with Gasteiger partial charge in [-0.05, 0) is 25.5 Å². The monoisotopic (exact) mass is 276 g/mol. The van der Waals surface area contributed by atoms with Crippen LogP contribution in [0, 0.1) is 0 Å². The fourth-order valence-corrected chi connectivity index (χ4v) is 1.85. The Morgan fingerprint density at radius 3 is 2.80 bits per heavy atom. The van der Waals surface area contributed by atoms with E-state index in [1.165, 1.54) is 6.33 Å². The summed E-state index contributed by atoms with van der Waals surface area (Å²) in [7, 11) is 1.61. The zero-order valence-electron chi connectivity index (χ0n) is 12.0. The Balaban J connectivity index is 2.18. The highest BCUT2D eigenvalue weighted by Crippen LogP contribution is 2.31. The average molecular weight is 276 g/mol. The number of nitrogens with zero attached hydrogens (tertiary/aromatic N) is 2. The van der Waals surface area contributed by atoms with Gasteiger partial charge in [-0.2, -0.15) is 0 Å². The van der Waals surface area contributed by atoms with Gasteiger partial charge in [-0.25, -0.2) is 9.97 Å². The summed E-state index contributed by atoms with van der Waals surface area (Å²) in [5.74, 6) is 2.79. The first-order valence-electron chi connectivity index (χ1n) is 6.69. The molecule has 0 bridgehead atoms.